The first-order valence-electron chi connectivity index (χ1n) is 8.37. The molecule has 23 heavy (non-hydrogen) atoms. The van der Waals surface area contributed by atoms with Crippen molar-refractivity contribution in [2.24, 2.45) is 7.05 Å². The zero-order valence-electron chi connectivity index (χ0n) is 14.1. The molecule has 2 aliphatic heterocycles. The summed E-state index contributed by atoms with van der Waals surface area (Å²) in [4.78, 5) is 23.7. The number of amides is 1. The highest BCUT2D eigenvalue weighted by atomic mass is 16.3. The van der Waals surface area contributed by atoms with Crippen LogP contribution in [0.5, 0.6) is 0 Å². The van der Waals surface area contributed by atoms with Gasteiger partial charge in [0.05, 0.1) is 13.2 Å². The largest absolute Gasteiger partial charge is 0.395 e. The number of hydrogen-bond donors (Lipinski definition) is 1. The summed E-state index contributed by atoms with van der Waals surface area (Å²) in [5.74, 6) is 1.25. The predicted octanol–water partition coefficient (Wildman–Crippen LogP) is -0.479. The Hall–Kier alpha value is -1.44. The molecule has 3 heterocycles. The smallest absolute Gasteiger partial charge is 0.243 e. The zero-order chi connectivity index (χ0) is 16.4. The van der Waals surface area contributed by atoms with Crippen LogP contribution in [-0.4, -0.2) is 87.2 Å². The van der Waals surface area contributed by atoms with E-state index in [1.54, 1.807) is 0 Å². The lowest BCUT2D eigenvalue weighted by Gasteiger charge is -2.51. The van der Waals surface area contributed by atoms with Crippen molar-refractivity contribution in [1.29, 1.82) is 0 Å². The minimum Gasteiger partial charge on any atom is -0.395 e. The summed E-state index contributed by atoms with van der Waals surface area (Å²) < 4.78 is 2.05. The van der Waals surface area contributed by atoms with E-state index in [2.05, 4.69) is 21.8 Å². The third-order valence-corrected chi connectivity index (χ3v) is 5.46. The number of aliphatic hydroxyl groups is 1. The van der Waals surface area contributed by atoms with Gasteiger partial charge in [-0.05, 0) is 19.9 Å². The van der Waals surface area contributed by atoms with E-state index >= 15 is 0 Å². The van der Waals surface area contributed by atoms with Gasteiger partial charge in [0, 0.05) is 52.2 Å². The number of nitrogens with zero attached hydrogens (tertiary/aromatic N) is 5. The van der Waals surface area contributed by atoms with Gasteiger partial charge in [0.15, 0.2) is 0 Å². The maximum Gasteiger partial charge on any atom is 0.243 e. The number of rotatable bonds is 4. The molecule has 0 unspecified atom stereocenters. The molecule has 0 saturated carbocycles. The average molecular weight is 321 g/mol. The molecule has 3 rings (SSSR count). The molecule has 1 amide bonds. The van der Waals surface area contributed by atoms with E-state index < -0.39 is 0 Å². The van der Waals surface area contributed by atoms with Crippen LogP contribution in [0, 0.1) is 0 Å². The van der Waals surface area contributed by atoms with Crippen molar-refractivity contribution in [3.8, 4) is 0 Å². The molecule has 128 valence electrons. The van der Waals surface area contributed by atoms with Gasteiger partial charge in [-0.15, -0.1) is 0 Å². The lowest BCUT2D eigenvalue weighted by atomic mass is 9.82. The Labute approximate surface area is 137 Å². The number of imidazole rings is 1. The van der Waals surface area contributed by atoms with E-state index in [1.807, 2.05) is 28.9 Å². The minimum absolute atomic E-state index is 0.0385. The molecule has 0 aromatic carbocycles. The van der Waals surface area contributed by atoms with Crippen molar-refractivity contribution in [3.05, 3.63) is 18.2 Å². The maximum atomic E-state index is 12.9. The second-order valence-electron chi connectivity index (χ2n) is 6.70. The lowest BCUT2D eigenvalue weighted by molar-refractivity contribution is -0.154. The van der Waals surface area contributed by atoms with Crippen molar-refractivity contribution in [2.45, 2.75) is 24.9 Å². The van der Waals surface area contributed by atoms with E-state index in [9.17, 15) is 9.90 Å². The van der Waals surface area contributed by atoms with Crippen molar-refractivity contribution in [2.75, 3.05) is 46.4 Å². The third kappa shape index (κ3) is 3.00. The summed E-state index contributed by atoms with van der Waals surface area (Å²) in [5, 5.41) is 9.18. The van der Waals surface area contributed by atoms with Gasteiger partial charge < -0.3 is 14.6 Å². The molecule has 2 saturated heterocycles. The number of aryl methyl sites for hydroxylation is 1. The number of piperidine rings is 1. The maximum absolute atomic E-state index is 12.9. The highest BCUT2D eigenvalue weighted by Gasteiger charge is 2.48. The summed E-state index contributed by atoms with van der Waals surface area (Å²) >= 11 is 0. The first-order chi connectivity index (χ1) is 11.1. The molecule has 1 spiro atoms. The summed E-state index contributed by atoms with van der Waals surface area (Å²) in [7, 11) is 4.07. The van der Waals surface area contributed by atoms with Gasteiger partial charge in [-0.2, -0.15) is 0 Å². The predicted molar refractivity (Wildman–Crippen MR) is 86.7 cm³/mol. The van der Waals surface area contributed by atoms with E-state index in [-0.39, 0.29) is 18.1 Å². The van der Waals surface area contributed by atoms with Crippen molar-refractivity contribution < 1.29 is 9.90 Å². The Balaban J connectivity index is 1.66. The number of carbonyl (C=O) groups is 1. The van der Waals surface area contributed by atoms with Gasteiger partial charge in [0.1, 0.15) is 11.4 Å². The van der Waals surface area contributed by atoms with Gasteiger partial charge in [-0.25, -0.2) is 4.98 Å². The van der Waals surface area contributed by atoms with Crippen molar-refractivity contribution in [3.63, 3.8) is 0 Å². The number of carbonyl (C=O) groups excluding carboxylic acids is 1. The SMILES string of the molecule is CN1CCN(CCO)C(=O)C12CCN(Cc1nccn1C)CC2. The Kier molecular flexibility index (Phi) is 4.70. The van der Waals surface area contributed by atoms with E-state index in [4.69, 9.17) is 0 Å². The fourth-order valence-corrected chi connectivity index (χ4v) is 3.80. The number of hydrogen-bond acceptors (Lipinski definition) is 5. The number of likely N-dealkylation sites (N-methyl/N-ethyl adjacent to an activating group) is 1. The van der Waals surface area contributed by atoms with E-state index in [0.717, 1.165) is 44.8 Å². The fraction of sp³-hybridized carbons (Fsp3) is 0.750. The van der Waals surface area contributed by atoms with Gasteiger partial charge >= 0.3 is 0 Å². The van der Waals surface area contributed by atoms with Crippen LogP contribution in [0.3, 0.4) is 0 Å². The fourth-order valence-electron chi connectivity index (χ4n) is 3.80. The Bertz CT molecular complexity index is 550. The number of aromatic nitrogens is 2. The van der Waals surface area contributed by atoms with Crippen LogP contribution >= 0.6 is 0 Å². The molecule has 0 radical (unpaired) electrons. The number of aliphatic hydroxyl groups excluding tert-OH is 1. The number of piperazine rings is 1. The van der Waals surface area contributed by atoms with Gasteiger partial charge in [0.2, 0.25) is 5.91 Å². The summed E-state index contributed by atoms with van der Waals surface area (Å²) in [6.07, 6.45) is 5.47. The van der Waals surface area contributed by atoms with Crippen LogP contribution in [0.15, 0.2) is 12.4 Å². The zero-order valence-corrected chi connectivity index (χ0v) is 14.1. The monoisotopic (exact) mass is 321 g/mol. The standard InChI is InChI=1S/C16H27N5O2/c1-18-8-5-17-14(18)13-20-6-3-16(4-7-20)15(23)21(11-12-22)10-9-19(16)2/h5,8,22H,3-4,6-7,9-13H2,1-2H3. The van der Waals surface area contributed by atoms with Crippen LogP contribution in [0.4, 0.5) is 0 Å². The average Bonchev–Trinajstić information content (AvgIpc) is 2.95. The number of likely N-dealkylation sites (tertiary alicyclic amines) is 1. The van der Waals surface area contributed by atoms with Gasteiger partial charge in [-0.3, -0.25) is 14.6 Å². The van der Waals surface area contributed by atoms with Gasteiger partial charge in [0.25, 0.3) is 0 Å². The van der Waals surface area contributed by atoms with Gasteiger partial charge in [-0.1, -0.05) is 0 Å². The van der Waals surface area contributed by atoms with Crippen LogP contribution < -0.4 is 0 Å². The third-order valence-electron chi connectivity index (χ3n) is 5.46. The topological polar surface area (TPSA) is 64.8 Å². The van der Waals surface area contributed by atoms with Crippen LogP contribution in [0.2, 0.25) is 0 Å². The van der Waals surface area contributed by atoms with Crippen LogP contribution in [-0.2, 0) is 18.4 Å². The summed E-state index contributed by atoms with van der Waals surface area (Å²) in [6, 6.07) is 0. The van der Waals surface area contributed by atoms with E-state index in [1.165, 1.54) is 0 Å². The highest BCUT2D eigenvalue weighted by Crippen LogP contribution is 2.33. The molecule has 7 nitrogen and oxygen atoms in total. The Morgan fingerprint density at radius 2 is 1.96 bits per heavy atom. The normalized spacial score (nSPS) is 22.9. The van der Waals surface area contributed by atoms with Crippen molar-refractivity contribution in [1.82, 2.24) is 24.3 Å². The Morgan fingerprint density at radius 3 is 2.57 bits per heavy atom. The molecule has 1 aromatic heterocycles. The quantitative estimate of drug-likeness (QED) is 0.812. The Morgan fingerprint density at radius 1 is 1.22 bits per heavy atom. The van der Waals surface area contributed by atoms with Crippen LogP contribution in [0.25, 0.3) is 0 Å². The molecular weight excluding hydrogens is 294 g/mol. The molecule has 0 aliphatic carbocycles. The molecule has 2 fully saturated rings. The highest BCUT2D eigenvalue weighted by molar-refractivity contribution is 5.87. The minimum atomic E-state index is -0.383. The molecule has 2 aliphatic rings. The molecule has 7 heteroatoms. The first kappa shape index (κ1) is 16.4. The second-order valence-corrected chi connectivity index (χ2v) is 6.70. The van der Waals surface area contributed by atoms with E-state index in [0.29, 0.717) is 13.1 Å². The van der Waals surface area contributed by atoms with Crippen molar-refractivity contribution >= 4 is 5.91 Å². The number of β-amino-alcohol motifs (C(OH)–C–C–N with tert-alkyl or cyclic N) is 1. The molecule has 0 atom stereocenters. The molecule has 0 bridgehead atoms. The molecule has 1 aromatic rings. The summed E-state index contributed by atoms with van der Waals surface area (Å²) in [6.45, 7) is 4.71. The molecular formula is C16H27N5O2. The molecule has 1 N–H and O–H groups in total. The lowest BCUT2D eigenvalue weighted by Crippen LogP contribution is -2.67. The van der Waals surface area contributed by atoms with Crippen LogP contribution in [0.1, 0.15) is 18.7 Å². The second kappa shape index (κ2) is 6.59. The first-order valence-corrected chi connectivity index (χ1v) is 8.37. The summed E-state index contributed by atoms with van der Waals surface area (Å²) in [5.41, 5.74) is -0.383.